The number of rotatable bonds is 14. The molecule has 21 heavy (non-hydrogen) atoms. The molecule has 3 atom stereocenters. The monoisotopic (exact) mass is 298 g/mol. The standard InChI is InChI=1S/C17H30O4/c1-6-8-9-10-11-12-20-13-15(3)17(21-14-18-4)16(7-2)19-5/h6-7,10-11,15-17H,1-2,8-9,12-14H2,3-5H3/t15-,16+,17+/m1/s1. The van der Waals surface area contributed by atoms with Crippen LogP contribution in [0.1, 0.15) is 19.8 Å². The number of methoxy groups -OCH3 is 2. The number of hydrogen-bond acceptors (Lipinski definition) is 4. The van der Waals surface area contributed by atoms with Gasteiger partial charge in [-0.1, -0.05) is 31.2 Å². The molecule has 4 heteroatoms. The SMILES string of the molecule is C=CCCC=CCOC[C@@H](C)[C@H](OCOC)[C@H](C=C)OC. The van der Waals surface area contributed by atoms with E-state index in [-0.39, 0.29) is 24.9 Å². The first-order valence-corrected chi connectivity index (χ1v) is 7.30. The van der Waals surface area contributed by atoms with Gasteiger partial charge in [0.15, 0.2) is 0 Å². The van der Waals surface area contributed by atoms with Crippen LogP contribution in [0.25, 0.3) is 0 Å². The van der Waals surface area contributed by atoms with Gasteiger partial charge in [0.25, 0.3) is 0 Å². The Kier molecular flexibility index (Phi) is 13.4. The molecule has 0 amide bonds. The molecule has 0 fully saturated rings. The second-order valence-electron chi connectivity index (χ2n) is 4.83. The number of hydrogen-bond donors (Lipinski definition) is 0. The second kappa shape index (κ2) is 14.0. The highest BCUT2D eigenvalue weighted by molar-refractivity contribution is 4.89. The zero-order chi connectivity index (χ0) is 15.9. The molecule has 0 saturated heterocycles. The first-order chi connectivity index (χ1) is 10.2. The summed E-state index contributed by atoms with van der Waals surface area (Å²) in [4.78, 5) is 0. The summed E-state index contributed by atoms with van der Waals surface area (Å²) in [5, 5.41) is 0. The molecule has 0 aliphatic rings. The van der Waals surface area contributed by atoms with Crippen molar-refractivity contribution >= 4 is 0 Å². The lowest BCUT2D eigenvalue weighted by Gasteiger charge is -2.28. The van der Waals surface area contributed by atoms with Gasteiger partial charge in [0.05, 0.1) is 19.3 Å². The second-order valence-corrected chi connectivity index (χ2v) is 4.83. The lowest BCUT2D eigenvalue weighted by molar-refractivity contribution is -0.134. The van der Waals surface area contributed by atoms with Crippen LogP contribution in [-0.4, -0.2) is 46.4 Å². The Labute approximate surface area is 129 Å². The van der Waals surface area contributed by atoms with Gasteiger partial charge < -0.3 is 18.9 Å². The highest BCUT2D eigenvalue weighted by atomic mass is 16.7. The minimum absolute atomic E-state index is 0.141. The molecule has 0 bridgehead atoms. The predicted molar refractivity (Wildman–Crippen MR) is 86.3 cm³/mol. The average Bonchev–Trinajstić information content (AvgIpc) is 2.50. The maximum Gasteiger partial charge on any atom is 0.146 e. The van der Waals surface area contributed by atoms with Gasteiger partial charge in [-0.25, -0.2) is 0 Å². The van der Waals surface area contributed by atoms with Crippen molar-refractivity contribution in [3.63, 3.8) is 0 Å². The predicted octanol–water partition coefficient (Wildman–Crippen LogP) is 3.35. The molecular formula is C17H30O4. The fourth-order valence-electron chi connectivity index (χ4n) is 1.91. The van der Waals surface area contributed by atoms with E-state index >= 15 is 0 Å². The van der Waals surface area contributed by atoms with Crippen LogP contribution >= 0.6 is 0 Å². The molecule has 0 rings (SSSR count). The van der Waals surface area contributed by atoms with Gasteiger partial charge in [0, 0.05) is 20.1 Å². The molecule has 0 radical (unpaired) electrons. The van der Waals surface area contributed by atoms with Gasteiger partial charge in [-0.3, -0.25) is 0 Å². The zero-order valence-electron chi connectivity index (χ0n) is 13.6. The quantitative estimate of drug-likeness (QED) is 0.280. The minimum Gasteiger partial charge on any atom is -0.377 e. The maximum absolute atomic E-state index is 5.68. The molecule has 0 N–H and O–H groups in total. The number of allylic oxidation sites excluding steroid dienone is 2. The number of unbranched alkanes of at least 4 members (excludes halogenated alkanes) is 1. The van der Waals surface area contributed by atoms with E-state index in [4.69, 9.17) is 18.9 Å². The highest BCUT2D eigenvalue weighted by Gasteiger charge is 2.25. The molecule has 4 nitrogen and oxygen atoms in total. The van der Waals surface area contributed by atoms with Crippen molar-refractivity contribution in [2.24, 2.45) is 5.92 Å². The van der Waals surface area contributed by atoms with E-state index in [2.05, 4.69) is 26.2 Å². The van der Waals surface area contributed by atoms with Crippen LogP contribution in [0.3, 0.4) is 0 Å². The van der Waals surface area contributed by atoms with Crippen LogP contribution in [0.4, 0.5) is 0 Å². The van der Waals surface area contributed by atoms with Crippen LogP contribution in [-0.2, 0) is 18.9 Å². The van der Waals surface area contributed by atoms with Crippen molar-refractivity contribution in [3.8, 4) is 0 Å². The molecule has 0 aromatic carbocycles. The van der Waals surface area contributed by atoms with Crippen LogP contribution in [0.5, 0.6) is 0 Å². The fourth-order valence-corrected chi connectivity index (χ4v) is 1.91. The smallest absolute Gasteiger partial charge is 0.146 e. The van der Waals surface area contributed by atoms with E-state index in [9.17, 15) is 0 Å². The molecular weight excluding hydrogens is 268 g/mol. The molecule has 0 aromatic heterocycles. The third-order valence-corrected chi connectivity index (χ3v) is 3.07. The zero-order valence-corrected chi connectivity index (χ0v) is 13.6. The summed E-state index contributed by atoms with van der Waals surface area (Å²) in [6.07, 6.45) is 9.46. The van der Waals surface area contributed by atoms with Crippen molar-refractivity contribution in [2.75, 3.05) is 34.2 Å². The van der Waals surface area contributed by atoms with E-state index in [1.807, 2.05) is 12.2 Å². The van der Waals surface area contributed by atoms with Crippen molar-refractivity contribution in [2.45, 2.75) is 32.0 Å². The fraction of sp³-hybridized carbons (Fsp3) is 0.647. The van der Waals surface area contributed by atoms with Crippen LogP contribution in [0.15, 0.2) is 37.5 Å². The van der Waals surface area contributed by atoms with Gasteiger partial charge in [0.1, 0.15) is 12.9 Å². The lowest BCUT2D eigenvalue weighted by atomic mass is 10.0. The van der Waals surface area contributed by atoms with Crippen LogP contribution in [0, 0.1) is 5.92 Å². The third kappa shape index (κ3) is 9.58. The summed E-state index contributed by atoms with van der Waals surface area (Å²) in [6, 6.07) is 0. The normalized spacial score (nSPS) is 15.8. The lowest BCUT2D eigenvalue weighted by Crippen LogP contribution is -2.37. The first-order valence-electron chi connectivity index (χ1n) is 7.30. The summed E-state index contributed by atoms with van der Waals surface area (Å²) in [7, 11) is 3.24. The third-order valence-electron chi connectivity index (χ3n) is 3.07. The van der Waals surface area contributed by atoms with Crippen LogP contribution in [0.2, 0.25) is 0 Å². The largest absolute Gasteiger partial charge is 0.377 e. The molecule has 0 aliphatic heterocycles. The Morgan fingerprint density at radius 3 is 2.43 bits per heavy atom. The molecule has 122 valence electrons. The summed E-state index contributed by atoms with van der Waals surface area (Å²) in [5.74, 6) is 0.171. The van der Waals surface area contributed by atoms with Gasteiger partial charge in [-0.05, 0) is 12.8 Å². The van der Waals surface area contributed by atoms with Crippen molar-refractivity contribution in [1.29, 1.82) is 0 Å². The summed E-state index contributed by atoms with van der Waals surface area (Å²) in [5.41, 5.74) is 0. The minimum atomic E-state index is -0.179. The Morgan fingerprint density at radius 2 is 1.86 bits per heavy atom. The molecule has 0 spiro atoms. The van der Waals surface area contributed by atoms with E-state index < -0.39 is 0 Å². The van der Waals surface area contributed by atoms with Crippen LogP contribution < -0.4 is 0 Å². The Morgan fingerprint density at radius 1 is 1.10 bits per heavy atom. The molecule has 0 saturated carbocycles. The van der Waals surface area contributed by atoms with Crippen molar-refractivity contribution in [3.05, 3.63) is 37.5 Å². The van der Waals surface area contributed by atoms with E-state index in [0.29, 0.717) is 13.2 Å². The van der Waals surface area contributed by atoms with Gasteiger partial charge in [-0.15, -0.1) is 13.2 Å². The first kappa shape index (κ1) is 20.1. The van der Waals surface area contributed by atoms with E-state index in [0.717, 1.165) is 12.8 Å². The van der Waals surface area contributed by atoms with E-state index in [1.165, 1.54) is 0 Å². The molecule has 0 aliphatic carbocycles. The summed E-state index contributed by atoms with van der Waals surface area (Å²) < 4.78 is 21.7. The van der Waals surface area contributed by atoms with Gasteiger partial charge >= 0.3 is 0 Å². The van der Waals surface area contributed by atoms with Crippen molar-refractivity contribution < 1.29 is 18.9 Å². The molecule has 0 unspecified atom stereocenters. The van der Waals surface area contributed by atoms with Gasteiger partial charge in [0.2, 0.25) is 0 Å². The van der Waals surface area contributed by atoms with Crippen molar-refractivity contribution in [1.82, 2.24) is 0 Å². The molecule has 0 heterocycles. The summed E-state index contributed by atoms with van der Waals surface area (Å²) in [6.45, 7) is 10.9. The van der Waals surface area contributed by atoms with E-state index in [1.54, 1.807) is 20.3 Å². The average molecular weight is 298 g/mol. The Balaban J connectivity index is 4.14. The summed E-state index contributed by atoms with van der Waals surface area (Å²) >= 11 is 0. The number of ether oxygens (including phenoxy) is 4. The van der Waals surface area contributed by atoms with Gasteiger partial charge in [-0.2, -0.15) is 0 Å². The maximum atomic E-state index is 5.68. The molecule has 0 aromatic rings. The highest BCUT2D eigenvalue weighted by Crippen LogP contribution is 2.16. The topological polar surface area (TPSA) is 36.9 Å². The Hall–Kier alpha value is -0.940. The Bertz CT molecular complexity index is 289.